The molecule has 0 unspecified atom stereocenters. The highest BCUT2D eigenvalue weighted by molar-refractivity contribution is 7.15. The zero-order valence-electron chi connectivity index (χ0n) is 9.85. The van der Waals surface area contributed by atoms with E-state index in [1.807, 2.05) is 41.1 Å². The minimum absolute atomic E-state index is 0.467. The van der Waals surface area contributed by atoms with E-state index in [-0.39, 0.29) is 0 Å². The number of aryl methyl sites for hydroxylation is 1. The summed E-state index contributed by atoms with van der Waals surface area (Å²) in [7, 11) is 0. The number of nitrogens with two attached hydrogens (primary N) is 1. The Morgan fingerprint density at radius 1 is 1.44 bits per heavy atom. The molecule has 92 valence electrons. The zero-order chi connectivity index (χ0) is 12.7. The predicted octanol–water partition coefficient (Wildman–Crippen LogP) is 3.48. The van der Waals surface area contributed by atoms with Crippen molar-refractivity contribution in [1.29, 1.82) is 0 Å². The number of hydrogen-bond acceptors (Lipinski definition) is 3. The second-order valence-corrected chi connectivity index (χ2v) is 5.41. The Labute approximate surface area is 114 Å². The van der Waals surface area contributed by atoms with Crippen molar-refractivity contribution in [2.75, 3.05) is 0 Å². The van der Waals surface area contributed by atoms with Crippen LogP contribution >= 0.6 is 22.9 Å². The Morgan fingerprint density at radius 2 is 2.28 bits per heavy atom. The molecule has 0 fully saturated rings. The standard InChI is InChI=1S/C13H12ClN3S/c1-8-6-9(2-3-10(8)14)12-11(7-15)17-4-5-18-13(17)16-12/h2-6H,7,15H2,1H3. The average molecular weight is 278 g/mol. The molecule has 0 amide bonds. The summed E-state index contributed by atoms with van der Waals surface area (Å²) in [5.74, 6) is 0. The monoisotopic (exact) mass is 277 g/mol. The Bertz CT molecular complexity index is 714. The van der Waals surface area contributed by atoms with Crippen molar-refractivity contribution >= 4 is 27.9 Å². The molecule has 0 bridgehead atoms. The van der Waals surface area contributed by atoms with Gasteiger partial charge < -0.3 is 5.73 Å². The number of thiazole rings is 1. The molecule has 0 aliphatic heterocycles. The fraction of sp³-hybridized carbons (Fsp3) is 0.154. The van der Waals surface area contributed by atoms with Crippen LogP contribution in [0.4, 0.5) is 0 Å². The van der Waals surface area contributed by atoms with Crippen LogP contribution in [0.3, 0.4) is 0 Å². The van der Waals surface area contributed by atoms with Crippen molar-refractivity contribution in [3.05, 3.63) is 46.1 Å². The van der Waals surface area contributed by atoms with E-state index in [1.54, 1.807) is 11.3 Å². The first-order valence-electron chi connectivity index (χ1n) is 5.61. The number of fused-ring (bicyclic) bond motifs is 1. The molecule has 0 saturated heterocycles. The first kappa shape index (κ1) is 11.7. The summed E-state index contributed by atoms with van der Waals surface area (Å²) in [5, 5.41) is 2.78. The molecule has 2 N–H and O–H groups in total. The van der Waals surface area contributed by atoms with Crippen molar-refractivity contribution in [1.82, 2.24) is 9.38 Å². The molecule has 2 heterocycles. The van der Waals surface area contributed by atoms with Crippen LogP contribution in [-0.2, 0) is 6.54 Å². The van der Waals surface area contributed by atoms with Crippen LogP contribution in [0.5, 0.6) is 0 Å². The van der Waals surface area contributed by atoms with E-state index in [2.05, 4.69) is 4.98 Å². The second kappa shape index (κ2) is 4.39. The Balaban J connectivity index is 2.23. The van der Waals surface area contributed by atoms with Gasteiger partial charge in [-0.25, -0.2) is 4.98 Å². The minimum Gasteiger partial charge on any atom is -0.325 e. The first-order valence-corrected chi connectivity index (χ1v) is 6.87. The van der Waals surface area contributed by atoms with Crippen LogP contribution in [0.25, 0.3) is 16.2 Å². The van der Waals surface area contributed by atoms with Crippen molar-refractivity contribution in [2.24, 2.45) is 5.73 Å². The van der Waals surface area contributed by atoms with Gasteiger partial charge in [0, 0.05) is 28.7 Å². The van der Waals surface area contributed by atoms with Crippen LogP contribution in [-0.4, -0.2) is 9.38 Å². The molecule has 0 radical (unpaired) electrons. The molecule has 3 aromatic rings. The number of imidazole rings is 1. The second-order valence-electron chi connectivity index (χ2n) is 4.13. The number of rotatable bonds is 2. The lowest BCUT2D eigenvalue weighted by Gasteiger charge is -2.04. The normalized spacial score (nSPS) is 11.3. The molecule has 0 aliphatic rings. The van der Waals surface area contributed by atoms with Gasteiger partial charge in [0.25, 0.3) is 0 Å². The SMILES string of the molecule is Cc1cc(-c2nc3sccn3c2CN)ccc1Cl. The van der Waals surface area contributed by atoms with Crippen molar-refractivity contribution in [2.45, 2.75) is 13.5 Å². The third-order valence-corrected chi connectivity index (χ3v) is 4.17. The van der Waals surface area contributed by atoms with E-state index >= 15 is 0 Å². The van der Waals surface area contributed by atoms with Crippen LogP contribution in [0.2, 0.25) is 5.02 Å². The van der Waals surface area contributed by atoms with Gasteiger partial charge in [0.2, 0.25) is 0 Å². The van der Waals surface area contributed by atoms with Crippen molar-refractivity contribution in [3.8, 4) is 11.3 Å². The third-order valence-electron chi connectivity index (χ3n) is 2.99. The van der Waals surface area contributed by atoms with Gasteiger partial charge in [0.05, 0.1) is 11.4 Å². The summed E-state index contributed by atoms with van der Waals surface area (Å²) in [5.41, 5.74) is 9.94. The summed E-state index contributed by atoms with van der Waals surface area (Å²) < 4.78 is 2.05. The van der Waals surface area contributed by atoms with Gasteiger partial charge in [-0.2, -0.15) is 0 Å². The van der Waals surface area contributed by atoms with Gasteiger partial charge in [0.15, 0.2) is 4.96 Å². The highest BCUT2D eigenvalue weighted by atomic mass is 35.5. The Kier molecular flexibility index (Phi) is 2.86. The molecular formula is C13H12ClN3S. The number of aromatic nitrogens is 2. The highest BCUT2D eigenvalue weighted by Crippen LogP contribution is 2.29. The van der Waals surface area contributed by atoms with Crippen LogP contribution in [0, 0.1) is 6.92 Å². The van der Waals surface area contributed by atoms with Gasteiger partial charge in [-0.3, -0.25) is 4.40 Å². The number of benzene rings is 1. The van der Waals surface area contributed by atoms with Gasteiger partial charge >= 0.3 is 0 Å². The molecule has 5 heteroatoms. The van der Waals surface area contributed by atoms with Gasteiger partial charge in [-0.1, -0.05) is 17.7 Å². The lowest BCUT2D eigenvalue weighted by molar-refractivity contribution is 0.970. The topological polar surface area (TPSA) is 43.3 Å². The fourth-order valence-electron chi connectivity index (χ4n) is 2.05. The molecular weight excluding hydrogens is 266 g/mol. The largest absolute Gasteiger partial charge is 0.325 e. The summed E-state index contributed by atoms with van der Waals surface area (Å²) in [6, 6.07) is 5.94. The summed E-state index contributed by atoms with van der Waals surface area (Å²) >= 11 is 7.66. The van der Waals surface area contributed by atoms with E-state index in [4.69, 9.17) is 17.3 Å². The molecule has 1 aromatic carbocycles. The minimum atomic E-state index is 0.467. The fourth-order valence-corrected chi connectivity index (χ4v) is 2.90. The zero-order valence-corrected chi connectivity index (χ0v) is 11.4. The first-order chi connectivity index (χ1) is 8.70. The Morgan fingerprint density at radius 3 is 3.00 bits per heavy atom. The van der Waals surface area contributed by atoms with E-state index < -0.39 is 0 Å². The molecule has 0 atom stereocenters. The quantitative estimate of drug-likeness (QED) is 0.779. The van der Waals surface area contributed by atoms with Crippen LogP contribution < -0.4 is 5.73 Å². The van der Waals surface area contributed by atoms with Crippen molar-refractivity contribution < 1.29 is 0 Å². The van der Waals surface area contributed by atoms with Gasteiger partial charge in [-0.05, 0) is 24.6 Å². The van der Waals surface area contributed by atoms with Gasteiger partial charge in [0.1, 0.15) is 0 Å². The maximum Gasteiger partial charge on any atom is 0.194 e. The molecule has 3 rings (SSSR count). The number of hydrogen-bond donors (Lipinski definition) is 1. The summed E-state index contributed by atoms with van der Waals surface area (Å²) in [6.45, 7) is 2.46. The van der Waals surface area contributed by atoms with E-state index in [9.17, 15) is 0 Å². The lowest BCUT2D eigenvalue weighted by atomic mass is 10.1. The van der Waals surface area contributed by atoms with Crippen LogP contribution in [0.1, 0.15) is 11.3 Å². The Hall–Kier alpha value is -1.36. The maximum absolute atomic E-state index is 6.05. The van der Waals surface area contributed by atoms with E-state index in [0.717, 1.165) is 32.5 Å². The summed E-state index contributed by atoms with van der Waals surface area (Å²) in [4.78, 5) is 5.61. The molecule has 0 aliphatic carbocycles. The average Bonchev–Trinajstić information content (AvgIpc) is 2.92. The van der Waals surface area contributed by atoms with E-state index in [0.29, 0.717) is 6.54 Å². The molecule has 3 nitrogen and oxygen atoms in total. The van der Waals surface area contributed by atoms with Gasteiger partial charge in [-0.15, -0.1) is 11.3 Å². The predicted molar refractivity (Wildman–Crippen MR) is 76.1 cm³/mol. The van der Waals surface area contributed by atoms with Crippen LogP contribution in [0.15, 0.2) is 29.8 Å². The maximum atomic E-state index is 6.05. The molecule has 18 heavy (non-hydrogen) atoms. The summed E-state index contributed by atoms with van der Waals surface area (Å²) in [6.07, 6.45) is 2.00. The molecule has 2 aromatic heterocycles. The van der Waals surface area contributed by atoms with Crippen molar-refractivity contribution in [3.63, 3.8) is 0 Å². The van der Waals surface area contributed by atoms with E-state index in [1.165, 1.54) is 0 Å². The number of nitrogens with zero attached hydrogens (tertiary/aromatic N) is 2. The molecule has 0 saturated carbocycles. The number of halogens is 1. The molecule has 0 spiro atoms. The third kappa shape index (κ3) is 1.73. The highest BCUT2D eigenvalue weighted by Gasteiger charge is 2.13. The smallest absolute Gasteiger partial charge is 0.194 e. The lowest BCUT2D eigenvalue weighted by Crippen LogP contribution is -2.01.